The second kappa shape index (κ2) is 13.5. The van der Waals surface area contributed by atoms with Crippen LogP contribution in [-0.4, -0.2) is 34.5 Å². The Balaban J connectivity index is 1.64. The topological polar surface area (TPSA) is 98.7 Å². The molecular formula is C28H29N3O4. The van der Waals surface area contributed by atoms with E-state index in [1.807, 2.05) is 48.5 Å². The van der Waals surface area contributed by atoms with Crippen LogP contribution in [0.25, 0.3) is 6.08 Å². The van der Waals surface area contributed by atoms with Crippen molar-refractivity contribution in [3.05, 3.63) is 113 Å². The first kappa shape index (κ1) is 25.4. The first-order valence-electron chi connectivity index (χ1n) is 11.5. The first-order chi connectivity index (χ1) is 17.0. The third-order valence-electron chi connectivity index (χ3n) is 5.42. The molecule has 0 bridgehead atoms. The van der Waals surface area contributed by atoms with Crippen LogP contribution in [0.2, 0.25) is 0 Å². The molecular weight excluding hydrogens is 442 g/mol. The van der Waals surface area contributed by atoms with Gasteiger partial charge in [0.15, 0.2) is 0 Å². The highest BCUT2D eigenvalue weighted by atomic mass is 16.5. The zero-order chi connectivity index (χ0) is 24.9. The second-order valence-corrected chi connectivity index (χ2v) is 8.04. The average molecular weight is 472 g/mol. The summed E-state index contributed by atoms with van der Waals surface area (Å²) in [4.78, 5) is 38.3. The number of hydroxylamine groups is 1. The van der Waals surface area contributed by atoms with E-state index in [0.29, 0.717) is 18.7 Å². The van der Waals surface area contributed by atoms with Gasteiger partial charge in [0.25, 0.3) is 11.8 Å². The highest BCUT2D eigenvalue weighted by Gasteiger charge is 2.17. The van der Waals surface area contributed by atoms with E-state index in [-0.39, 0.29) is 0 Å². The summed E-state index contributed by atoms with van der Waals surface area (Å²) in [6, 6.07) is 25.7. The Labute approximate surface area is 205 Å². The number of urea groups is 1. The predicted molar refractivity (Wildman–Crippen MR) is 134 cm³/mol. The van der Waals surface area contributed by atoms with Gasteiger partial charge in [0.2, 0.25) is 0 Å². The molecule has 0 radical (unpaired) electrons. The Morgan fingerprint density at radius 2 is 1.46 bits per heavy atom. The normalized spacial score (nSPS) is 10.7. The van der Waals surface area contributed by atoms with Gasteiger partial charge in [0, 0.05) is 24.7 Å². The number of benzene rings is 3. The maximum absolute atomic E-state index is 13.0. The van der Waals surface area contributed by atoms with Crippen LogP contribution >= 0.6 is 0 Å². The van der Waals surface area contributed by atoms with Gasteiger partial charge in [0.05, 0.1) is 0 Å². The minimum atomic E-state index is -0.615. The van der Waals surface area contributed by atoms with Gasteiger partial charge < -0.3 is 4.90 Å². The van der Waals surface area contributed by atoms with Crippen LogP contribution in [-0.2, 0) is 17.8 Å². The number of carbonyl (C=O) groups excluding carboxylic acids is 3. The van der Waals surface area contributed by atoms with Crippen molar-refractivity contribution in [2.75, 3.05) is 6.54 Å². The predicted octanol–water partition coefficient (Wildman–Crippen LogP) is 4.58. The van der Waals surface area contributed by atoms with Gasteiger partial charge in [0.1, 0.15) is 0 Å². The van der Waals surface area contributed by atoms with E-state index in [1.54, 1.807) is 40.7 Å². The van der Waals surface area contributed by atoms with Crippen molar-refractivity contribution in [2.24, 2.45) is 0 Å². The maximum Gasteiger partial charge on any atom is 0.324 e. The van der Waals surface area contributed by atoms with Crippen LogP contribution in [0.1, 0.15) is 39.9 Å². The van der Waals surface area contributed by atoms with Crippen LogP contribution < -0.4 is 10.8 Å². The van der Waals surface area contributed by atoms with Crippen molar-refractivity contribution >= 4 is 23.9 Å². The summed E-state index contributed by atoms with van der Waals surface area (Å²) in [5.41, 5.74) is 4.88. The molecule has 0 aliphatic heterocycles. The van der Waals surface area contributed by atoms with Crippen LogP contribution in [0.3, 0.4) is 0 Å². The van der Waals surface area contributed by atoms with E-state index in [4.69, 9.17) is 5.21 Å². The molecule has 0 aromatic heterocycles. The fraction of sp³-hybridized carbons (Fsp3) is 0.179. The van der Waals surface area contributed by atoms with E-state index >= 15 is 0 Å². The Morgan fingerprint density at radius 3 is 2.11 bits per heavy atom. The molecule has 0 saturated carbocycles. The number of carbonyl (C=O) groups is 3. The molecule has 3 N–H and O–H groups in total. The van der Waals surface area contributed by atoms with Crippen molar-refractivity contribution in [3.8, 4) is 0 Å². The Morgan fingerprint density at radius 1 is 0.800 bits per heavy atom. The number of hydrogen-bond donors (Lipinski definition) is 3. The summed E-state index contributed by atoms with van der Waals surface area (Å²) in [5.74, 6) is -1.05. The molecule has 35 heavy (non-hydrogen) atoms. The number of amides is 4. The smallest absolute Gasteiger partial charge is 0.320 e. The molecule has 7 heteroatoms. The van der Waals surface area contributed by atoms with Gasteiger partial charge >= 0.3 is 6.03 Å². The van der Waals surface area contributed by atoms with Crippen molar-refractivity contribution < 1.29 is 19.6 Å². The van der Waals surface area contributed by atoms with Gasteiger partial charge in [-0.25, -0.2) is 10.3 Å². The fourth-order valence-corrected chi connectivity index (χ4v) is 3.53. The molecule has 7 nitrogen and oxygen atoms in total. The van der Waals surface area contributed by atoms with Gasteiger partial charge in [-0.3, -0.25) is 20.1 Å². The molecule has 0 unspecified atom stereocenters. The van der Waals surface area contributed by atoms with E-state index < -0.39 is 17.8 Å². The Hall–Kier alpha value is -4.23. The summed E-state index contributed by atoms with van der Waals surface area (Å²) in [6.45, 7) is 0.833. The van der Waals surface area contributed by atoms with Crippen molar-refractivity contribution in [3.63, 3.8) is 0 Å². The van der Waals surface area contributed by atoms with Gasteiger partial charge in [-0.15, -0.1) is 0 Å². The van der Waals surface area contributed by atoms with Gasteiger partial charge in [-0.1, -0.05) is 72.8 Å². The van der Waals surface area contributed by atoms with Crippen LogP contribution in [0.15, 0.2) is 91.0 Å². The average Bonchev–Trinajstić information content (AvgIpc) is 2.90. The molecule has 3 aromatic rings. The standard InChI is InChI=1S/C28H29N3O4/c32-26(30-35)19-18-23-14-16-24(17-15-23)21-31(20-8-7-11-22-9-3-1-4-10-22)28(34)29-27(33)25-12-5-2-6-13-25/h1-6,9-10,12-19,35H,7-8,11,20-21H2,(H,30,32)(H,29,33,34)/b19-18+. The van der Waals surface area contributed by atoms with Gasteiger partial charge in [-0.05, 0) is 54.2 Å². The van der Waals surface area contributed by atoms with E-state index in [0.717, 1.165) is 30.4 Å². The van der Waals surface area contributed by atoms with Crippen molar-refractivity contribution in [1.29, 1.82) is 0 Å². The lowest BCUT2D eigenvalue weighted by Gasteiger charge is -2.23. The molecule has 0 fully saturated rings. The largest absolute Gasteiger partial charge is 0.324 e. The maximum atomic E-state index is 13.0. The number of nitrogens with zero attached hydrogens (tertiary/aromatic N) is 1. The van der Waals surface area contributed by atoms with Gasteiger partial charge in [-0.2, -0.15) is 0 Å². The zero-order valence-corrected chi connectivity index (χ0v) is 19.4. The number of aryl methyl sites for hydroxylation is 1. The molecule has 0 heterocycles. The van der Waals surface area contributed by atoms with Crippen molar-refractivity contribution in [2.45, 2.75) is 25.8 Å². The third kappa shape index (κ3) is 8.57. The third-order valence-corrected chi connectivity index (χ3v) is 5.42. The summed E-state index contributed by atoms with van der Waals surface area (Å²) in [6.07, 6.45) is 5.41. The molecule has 0 saturated heterocycles. The molecule has 180 valence electrons. The summed E-state index contributed by atoms with van der Waals surface area (Å²) >= 11 is 0. The lowest BCUT2D eigenvalue weighted by molar-refractivity contribution is -0.124. The minimum Gasteiger partial charge on any atom is -0.320 e. The van der Waals surface area contributed by atoms with E-state index in [9.17, 15) is 14.4 Å². The minimum absolute atomic E-state index is 0.334. The Kier molecular flexibility index (Phi) is 9.77. The van der Waals surface area contributed by atoms with Crippen molar-refractivity contribution in [1.82, 2.24) is 15.7 Å². The summed E-state index contributed by atoms with van der Waals surface area (Å²) in [5, 5.41) is 11.1. The summed E-state index contributed by atoms with van der Waals surface area (Å²) < 4.78 is 0. The molecule has 0 spiro atoms. The number of imide groups is 1. The first-order valence-corrected chi connectivity index (χ1v) is 11.5. The van der Waals surface area contributed by atoms with Crippen LogP contribution in [0, 0.1) is 0 Å². The van der Waals surface area contributed by atoms with Crippen LogP contribution in [0.5, 0.6) is 0 Å². The zero-order valence-electron chi connectivity index (χ0n) is 19.4. The monoisotopic (exact) mass is 471 g/mol. The number of rotatable bonds is 10. The second-order valence-electron chi connectivity index (χ2n) is 8.04. The van der Waals surface area contributed by atoms with E-state index in [2.05, 4.69) is 17.4 Å². The molecule has 0 atom stereocenters. The molecule has 4 amide bonds. The Bertz CT molecular complexity index is 1130. The van der Waals surface area contributed by atoms with E-state index in [1.165, 1.54) is 11.6 Å². The molecule has 3 aromatic carbocycles. The van der Waals surface area contributed by atoms with Crippen LogP contribution in [0.4, 0.5) is 4.79 Å². The number of hydrogen-bond acceptors (Lipinski definition) is 4. The molecule has 3 rings (SSSR count). The lowest BCUT2D eigenvalue weighted by atomic mass is 10.1. The molecule has 0 aliphatic rings. The highest BCUT2D eigenvalue weighted by Crippen LogP contribution is 2.12. The highest BCUT2D eigenvalue weighted by molar-refractivity contribution is 6.04. The lowest BCUT2D eigenvalue weighted by Crippen LogP contribution is -2.43. The number of nitrogens with one attached hydrogen (secondary N) is 2. The SMILES string of the molecule is O=C(/C=C/c1ccc(CN(CCCCc2ccccc2)C(=O)NC(=O)c2ccccc2)cc1)NO. The quantitative estimate of drug-likeness (QED) is 0.174. The summed E-state index contributed by atoms with van der Waals surface area (Å²) in [7, 11) is 0. The fourth-order valence-electron chi connectivity index (χ4n) is 3.53. The molecule has 0 aliphatic carbocycles. The number of unbranched alkanes of at least 4 members (excludes halogenated alkanes) is 1.